The van der Waals surface area contributed by atoms with Gasteiger partial charge in [0.1, 0.15) is 10.7 Å². The zero-order valence-corrected chi connectivity index (χ0v) is 18.1. The summed E-state index contributed by atoms with van der Waals surface area (Å²) in [7, 11) is 0. The Hall–Kier alpha value is -2.70. The highest BCUT2D eigenvalue weighted by atomic mass is 35.5. The molecule has 0 spiro atoms. The molecule has 0 aliphatic carbocycles. The minimum absolute atomic E-state index is 0.0558. The van der Waals surface area contributed by atoms with Gasteiger partial charge in [-0.25, -0.2) is 0 Å². The molecule has 1 aliphatic heterocycles. The first kappa shape index (κ1) is 20.6. The van der Waals surface area contributed by atoms with Crippen molar-refractivity contribution in [3.05, 3.63) is 71.2 Å². The van der Waals surface area contributed by atoms with Crippen LogP contribution >= 0.6 is 34.3 Å². The van der Waals surface area contributed by atoms with Gasteiger partial charge in [0.25, 0.3) is 11.5 Å². The van der Waals surface area contributed by atoms with Gasteiger partial charge in [-0.1, -0.05) is 17.7 Å². The molecule has 30 heavy (non-hydrogen) atoms. The predicted octanol–water partition coefficient (Wildman–Crippen LogP) is 1.98. The van der Waals surface area contributed by atoms with Crippen LogP contribution in [0.3, 0.4) is 0 Å². The summed E-state index contributed by atoms with van der Waals surface area (Å²) in [5.74, 6) is -0.396. The van der Waals surface area contributed by atoms with Gasteiger partial charge >= 0.3 is 0 Å². The van der Waals surface area contributed by atoms with Crippen molar-refractivity contribution in [2.24, 2.45) is 0 Å². The summed E-state index contributed by atoms with van der Waals surface area (Å²) in [5.41, 5.74) is 0.206. The summed E-state index contributed by atoms with van der Waals surface area (Å²) < 4.78 is 7.47. The Morgan fingerprint density at radius 2 is 1.93 bits per heavy atom. The SMILES string of the molecule is N#CC(C(=O)N1CCOCC1)=c1sc(=Cc2cccs2)c(=O)n1-c1ccc(Cl)cc1. The smallest absolute Gasteiger partial charge is 0.273 e. The van der Waals surface area contributed by atoms with Crippen LogP contribution in [-0.4, -0.2) is 41.7 Å². The van der Waals surface area contributed by atoms with Gasteiger partial charge < -0.3 is 9.64 Å². The molecule has 1 fully saturated rings. The third-order valence-corrected chi connectivity index (χ3v) is 6.73. The van der Waals surface area contributed by atoms with Crippen molar-refractivity contribution in [2.45, 2.75) is 0 Å². The van der Waals surface area contributed by atoms with Gasteiger partial charge in [-0.3, -0.25) is 14.2 Å². The maximum atomic E-state index is 13.3. The number of ether oxygens (including phenoxy) is 1. The lowest BCUT2D eigenvalue weighted by Crippen LogP contribution is -2.42. The summed E-state index contributed by atoms with van der Waals surface area (Å²) in [4.78, 5) is 28.8. The number of nitriles is 1. The molecule has 0 atom stereocenters. The number of hydrogen-bond acceptors (Lipinski definition) is 6. The molecular weight excluding hydrogens is 442 g/mol. The highest BCUT2D eigenvalue weighted by molar-refractivity contribution is 7.11. The highest BCUT2D eigenvalue weighted by Crippen LogP contribution is 2.13. The molecule has 0 N–H and O–H groups in total. The lowest BCUT2D eigenvalue weighted by atomic mass is 10.2. The number of thiophene rings is 1. The van der Waals surface area contributed by atoms with Gasteiger partial charge in [0, 0.05) is 23.0 Å². The molecule has 3 heterocycles. The van der Waals surface area contributed by atoms with E-state index in [0.717, 1.165) is 16.2 Å². The highest BCUT2D eigenvalue weighted by Gasteiger charge is 2.24. The molecule has 2 aromatic heterocycles. The Morgan fingerprint density at radius 1 is 1.20 bits per heavy atom. The van der Waals surface area contributed by atoms with Gasteiger partial charge in [0.15, 0.2) is 5.57 Å². The van der Waals surface area contributed by atoms with Crippen LogP contribution in [0.2, 0.25) is 5.02 Å². The van der Waals surface area contributed by atoms with Crippen molar-refractivity contribution in [1.82, 2.24) is 9.47 Å². The molecule has 0 unspecified atom stereocenters. The minimum Gasteiger partial charge on any atom is -0.378 e. The number of benzene rings is 1. The van der Waals surface area contributed by atoms with E-state index in [-0.39, 0.29) is 11.1 Å². The first-order valence-electron chi connectivity index (χ1n) is 9.13. The van der Waals surface area contributed by atoms with Crippen LogP contribution in [-0.2, 0) is 9.53 Å². The summed E-state index contributed by atoms with van der Waals surface area (Å²) in [6, 6.07) is 12.6. The topological polar surface area (TPSA) is 75.3 Å². The molecule has 0 saturated carbocycles. The summed E-state index contributed by atoms with van der Waals surface area (Å²) in [6.07, 6.45) is 1.78. The van der Waals surface area contributed by atoms with Crippen LogP contribution in [0.15, 0.2) is 46.6 Å². The minimum atomic E-state index is -0.396. The van der Waals surface area contributed by atoms with E-state index in [2.05, 4.69) is 0 Å². The monoisotopic (exact) mass is 457 g/mol. The number of aromatic nitrogens is 1. The van der Waals surface area contributed by atoms with E-state index < -0.39 is 5.91 Å². The van der Waals surface area contributed by atoms with Crippen LogP contribution in [0.4, 0.5) is 0 Å². The molecule has 1 aliphatic rings. The third-order valence-electron chi connectivity index (χ3n) is 4.56. The van der Waals surface area contributed by atoms with E-state index in [1.165, 1.54) is 15.9 Å². The molecule has 3 aromatic rings. The number of nitrogens with zero attached hydrogens (tertiary/aromatic N) is 3. The molecule has 1 amide bonds. The predicted molar refractivity (Wildman–Crippen MR) is 118 cm³/mol. The summed E-state index contributed by atoms with van der Waals surface area (Å²) in [5, 5.41) is 12.3. The van der Waals surface area contributed by atoms with E-state index in [0.29, 0.717) is 46.2 Å². The average Bonchev–Trinajstić information content (AvgIpc) is 3.39. The van der Waals surface area contributed by atoms with Crippen LogP contribution < -0.4 is 14.8 Å². The second-order valence-corrected chi connectivity index (χ2v) is 8.89. The standard InChI is InChI=1S/C21H16ClN3O3S2/c22-14-3-5-15(6-4-14)25-20(27)18(12-16-2-1-11-29-16)30-21(25)17(13-23)19(26)24-7-9-28-10-8-24/h1-6,11-12H,7-10H2. The molecule has 1 aromatic carbocycles. The van der Waals surface area contributed by atoms with Crippen molar-refractivity contribution >= 4 is 51.8 Å². The molecule has 0 radical (unpaired) electrons. The molecular formula is C21H16ClN3O3S2. The van der Waals surface area contributed by atoms with Crippen molar-refractivity contribution in [2.75, 3.05) is 26.3 Å². The lowest BCUT2D eigenvalue weighted by molar-refractivity contribution is -0.128. The van der Waals surface area contributed by atoms with Gasteiger partial charge in [0.2, 0.25) is 0 Å². The Morgan fingerprint density at radius 3 is 2.57 bits per heavy atom. The first-order chi connectivity index (χ1) is 14.6. The van der Waals surface area contributed by atoms with Crippen LogP contribution in [0.1, 0.15) is 4.88 Å². The molecule has 9 heteroatoms. The van der Waals surface area contributed by atoms with Crippen molar-refractivity contribution in [3.63, 3.8) is 0 Å². The summed E-state index contributed by atoms with van der Waals surface area (Å²) in [6.45, 7) is 1.68. The third kappa shape index (κ3) is 4.11. The Balaban J connectivity index is 1.98. The molecule has 0 bridgehead atoms. The van der Waals surface area contributed by atoms with Crippen LogP contribution in [0, 0.1) is 11.3 Å². The lowest BCUT2D eigenvalue weighted by Gasteiger charge is -2.26. The van der Waals surface area contributed by atoms with E-state index >= 15 is 0 Å². The number of hydrogen-bond donors (Lipinski definition) is 0. The zero-order chi connectivity index (χ0) is 21.1. The molecule has 4 rings (SSSR count). The number of carbonyl (C=O) groups is 1. The van der Waals surface area contributed by atoms with Crippen LogP contribution in [0.25, 0.3) is 17.3 Å². The van der Waals surface area contributed by atoms with Crippen molar-refractivity contribution in [3.8, 4) is 11.8 Å². The fourth-order valence-electron chi connectivity index (χ4n) is 3.09. The number of rotatable bonds is 3. The van der Waals surface area contributed by atoms with E-state index in [1.54, 1.807) is 35.2 Å². The maximum absolute atomic E-state index is 13.3. The number of halogens is 1. The van der Waals surface area contributed by atoms with Gasteiger partial charge in [0.05, 0.1) is 23.4 Å². The fourth-order valence-corrected chi connectivity index (χ4v) is 5.03. The quantitative estimate of drug-likeness (QED) is 0.602. The zero-order valence-electron chi connectivity index (χ0n) is 15.7. The molecule has 6 nitrogen and oxygen atoms in total. The van der Waals surface area contributed by atoms with Crippen LogP contribution in [0.5, 0.6) is 0 Å². The van der Waals surface area contributed by atoms with E-state index in [9.17, 15) is 14.9 Å². The Kier molecular flexibility index (Phi) is 6.16. The van der Waals surface area contributed by atoms with Crippen molar-refractivity contribution < 1.29 is 9.53 Å². The van der Waals surface area contributed by atoms with E-state index in [1.807, 2.05) is 23.6 Å². The molecule has 1 saturated heterocycles. The Labute approximate surface area is 185 Å². The fraction of sp³-hybridized carbons (Fsp3) is 0.190. The second kappa shape index (κ2) is 8.98. The van der Waals surface area contributed by atoms with Gasteiger partial charge in [-0.15, -0.1) is 22.7 Å². The number of morpholine rings is 1. The molecule has 152 valence electrons. The average molecular weight is 458 g/mol. The van der Waals surface area contributed by atoms with Crippen molar-refractivity contribution in [1.29, 1.82) is 5.26 Å². The summed E-state index contributed by atoms with van der Waals surface area (Å²) >= 11 is 8.65. The first-order valence-corrected chi connectivity index (χ1v) is 11.2. The number of amides is 1. The largest absolute Gasteiger partial charge is 0.378 e. The number of carbonyl (C=O) groups excluding carboxylic acids is 1. The Bertz CT molecular complexity index is 1280. The number of thiazole rings is 1. The van der Waals surface area contributed by atoms with Gasteiger partial charge in [-0.2, -0.15) is 5.26 Å². The van der Waals surface area contributed by atoms with E-state index in [4.69, 9.17) is 16.3 Å². The maximum Gasteiger partial charge on any atom is 0.273 e. The normalized spacial score (nSPS) is 15.7. The second-order valence-electron chi connectivity index (χ2n) is 6.44. The van der Waals surface area contributed by atoms with Gasteiger partial charge in [-0.05, 0) is 41.8 Å².